The van der Waals surface area contributed by atoms with Gasteiger partial charge in [-0.05, 0) is 34.9 Å². The van der Waals surface area contributed by atoms with Crippen LogP contribution < -0.4 is 0 Å². The van der Waals surface area contributed by atoms with Crippen molar-refractivity contribution in [1.82, 2.24) is 4.98 Å². The topological polar surface area (TPSA) is 114 Å². The van der Waals surface area contributed by atoms with Gasteiger partial charge in [0.2, 0.25) is 0 Å². The third-order valence-electron chi connectivity index (χ3n) is 3.97. The average Bonchev–Trinajstić information content (AvgIpc) is 2.67. The van der Waals surface area contributed by atoms with E-state index in [4.69, 9.17) is 5.11 Å². The molecule has 1 aromatic heterocycles. The highest BCUT2D eigenvalue weighted by atomic mass is 16.4. The van der Waals surface area contributed by atoms with E-state index >= 15 is 0 Å². The first-order valence-corrected chi connectivity index (χ1v) is 7.70. The normalized spacial score (nSPS) is 10.3. The number of hydrogen-bond donors (Lipinski definition) is 3. The number of aliphatic hydroxyl groups excluding tert-OH is 1. The van der Waals surface area contributed by atoms with Gasteiger partial charge in [-0.25, -0.2) is 4.79 Å². The molecule has 0 spiro atoms. The molecule has 0 radical (unpaired) electrons. The molecule has 0 fully saturated rings. The second kappa shape index (κ2) is 7.05. The zero-order chi connectivity index (χ0) is 18.7. The van der Waals surface area contributed by atoms with Crippen molar-refractivity contribution >= 4 is 5.97 Å². The minimum atomic E-state index is -1.26. The van der Waals surface area contributed by atoms with Crippen molar-refractivity contribution in [2.24, 2.45) is 0 Å². The molecule has 128 valence electrons. The summed E-state index contributed by atoms with van der Waals surface area (Å²) in [7, 11) is 0. The molecular weight excluding hydrogens is 332 g/mol. The Morgan fingerprint density at radius 1 is 1.12 bits per heavy atom. The van der Waals surface area contributed by atoms with E-state index in [0.29, 0.717) is 22.4 Å². The van der Waals surface area contributed by atoms with Crippen LogP contribution in [0.4, 0.5) is 0 Å². The molecule has 0 saturated heterocycles. The number of nitrogens with zero attached hydrogens (tertiary/aromatic N) is 2. The SMILES string of the molecule is N#Cc1cc(-c2cc(C(=O)O)c(O)cn2)ccc1-c1cccc(CO)c1. The summed E-state index contributed by atoms with van der Waals surface area (Å²) in [6, 6.07) is 15.7. The molecule has 0 unspecified atom stereocenters. The first-order valence-electron chi connectivity index (χ1n) is 7.70. The Kier molecular flexibility index (Phi) is 4.65. The second-order valence-corrected chi connectivity index (χ2v) is 5.62. The van der Waals surface area contributed by atoms with E-state index in [0.717, 1.165) is 17.3 Å². The molecule has 2 aromatic carbocycles. The zero-order valence-electron chi connectivity index (χ0n) is 13.5. The summed E-state index contributed by atoms with van der Waals surface area (Å²) in [5.41, 5.74) is 3.27. The molecule has 0 amide bonds. The van der Waals surface area contributed by atoms with Crippen LogP contribution in [-0.2, 0) is 6.61 Å². The summed E-state index contributed by atoms with van der Waals surface area (Å²) in [5, 5.41) is 37.5. The number of pyridine rings is 1. The van der Waals surface area contributed by atoms with Crippen molar-refractivity contribution in [1.29, 1.82) is 5.26 Å². The predicted molar refractivity (Wildman–Crippen MR) is 94.4 cm³/mol. The van der Waals surface area contributed by atoms with E-state index in [1.165, 1.54) is 6.07 Å². The highest BCUT2D eigenvalue weighted by molar-refractivity contribution is 5.92. The number of aromatic nitrogens is 1. The number of aromatic carboxylic acids is 1. The summed E-state index contributed by atoms with van der Waals surface area (Å²) in [6.45, 7) is -0.0940. The summed E-state index contributed by atoms with van der Waals surface area (Å²) in [4.78, 5) is 15.2. The number of carboxylic acids is 1. The number of rotatable bonds is 4. The Bertz CT molecular complexity index is 1040. The van der Waals surface area contributed by atoms with E-state index in [2.05, 4.69) is 11.1 Å². The second-order valence-electron chi connectivity index (χ2n) is 5.62. The van der Waals surface area contributed by atoms with Gasteiger partial charge in [0.05, 0.1) is 30.1 Å². The van der Waals surface area contributed by atoms with Crippen LogP contribution in [-0.4, -0.2) is 26.3 Å². The lowest BCUT2D eigenvalue weighted by atomic mass is 9.95. The molecular formula is C20H14N2O4. The van der Waals surface area contributed by atoms with Gasteiger partial charge in [0, 0.05) is 5.56 Å². The maximum Gasteiger partial charge on any atom is 0.339 e. The molecule has 3 N–H and O–H groups in total. The highest BCUT2D eigenvalue weighted by Crippen LogP contribution is 2.30. The van der Waals surface area contributed by atoms with Crippen LogP contribution in [0, 0.1) is 11.3 Å². The average molecular weight is 346 g/mol. The Morgan fingerprint density at radius 2 is 1.92 bits per heavy atom. The number of aliphatic hydroxyl groups is 1. The van der Waals surface area contributed by atoms with Gasteiger partial charge in [-0.3, -0.25) is 4.98 Å². The summed E-state index contributed by atoms with van der Waals surface area (Å²) < 4.78 is 0. The molecule has 0 aliphatic rings. The number of carbonyl (C=O) groups is 1. The van der Waals surface area contributed by atoms with Gasteiger partial charge >= 0.3 is 5.97 Å². The summed E-state index contributed by atoms with van der Waals surface area (Å²) >= 11 is 0. The fourth-order valence-corrected chi connectivity index (χ4v) is 2.66. The van der Waals surface area contributed by atoms with Crippen molar-refractivity contribution < 1.29 is 20.1 Å². The van der Waals surface area contributed by atoms with Crippen molar-refractivity contribution in [3.05, 3.63) is 71.4 Å². The molecule has 0 atom stereocenters. The Morgan fingerprint density at radius 3 is 2.62 bits per heavy atom. The molecule has 0 bridgehead atoms. The van der Waals surface area contributed by atoms with Gasteiger partial charge in [-0.2, -0.15) is 5.26 Å². The smallest absolute Gasteiger partial charge is 0.339 e. The lowest BCUT2D eigenvalue weighted by molar-refractivity contribution is 0.0693. The first kappa shape index (κ1) is 17.1. The Labute approximate surface area is 149 Å². The zero-order valence-corrected chi connectivity index (χ0v) is 13.5. The van der Waals surface area contributed by atoms with Gasteiger partial charge in [-0.15, -0.1) is 0 Å². The van der Waals surface area contributed by atoms with Crippen LogP contribution in [0.2, 0.25) is 0 Å². The van der Waals surface area contributed by atoms with Crippen molar-refractivity contribution in [2.45, 2.75) is 6.61 Å². The molecule has 0 aliphatic carbocycles. The van der Waals surface area contributed by atoms with Crippen LogP contribution in [0.1, 0.15) is 21.5 Å². The monoisotopic (exact) mass is 346 g/mol. The number of carboxylic acid groups (broad SMARTS) is 1. The predicted octanol–water partition coefficient (Wildman–Crippen LogP) is 3.18. The first-order chi connectivity index (χ1) is 12.5. The van der Waals surface area contributed by atoms with E-state index in [1.807, 2.05) is 6.07 Å². The number of benzene rings is 2. The van der Waals surface area contributed by atoms with Crippen molar-refractivity contribution in [3.8, 4) is 34.2 Å². The van der Waals surface area contributed by atoms with Crippen LogP contribution in [0.15, 0.2) is 54.7 Å². The molecule has 6 nitrogen and oxygen atoms in total. The van der Waals surface area contributed by atoms with Gasteiger partial charge in [0.15, 0.2) is 0 Å². The maximum absolute atomic E-state index is 11.2. The molecule has 6 heteroatoms. The van der Waals surface area contributed by atoms with Gasteiger partial charge < -0.3 is 15.3 Å². The van der Waals surface area contributed by atoms with Crippen molar-refractivity contribution in [2.75, 3.05) is 0 Å². The maximum atomic E-state index is 11.2. The van der Waals surface area contributed by atoms with E-state index in [1.54, 1.807) is 36.4 Å². The van der Waals surface area contributed by atoms with Gasteiger partial charge in [-0.1, -0.05) is 30.3 Å². The van der Waals surface area contributed by atoms with Crippen LogP contribution in [0.3, 0.4) is 0 Å². The minimum absolute atomic E-state index is 0.0940. The molecule has 3 aromatic rings. The van der Waals surface area contributed by atoms with E-state index in [9.17, 15) is 20.3 Å². The largest absolute Gasteiger partial charge is 0.505 e. The summed E-state index contributed by atoms with van der Waals surface area (Å²) in [5.74, 6) is -1.68. The fourth-order valence-electron chi connectivity index (χ4n) is 2.66. The third kappa shape index (κ3) is 3.24. The van der Waals surface area contributed by atoms with Gasteiger partial charge in [0.25, 0.3) is 0 Å². The quantitative estimate of drug-likeness (QED) is 0.668. The lowest BCUT2D eigenvalue weighted by Gasteiger charge is -2.09. The number of hydrogen-bond acceptors (Lipinski definition) is 5. The molecule has 3 rings (SSSR count). The van der Waals surface area contributed by atoms with Gasteiger partial charge in [0.1, 0.15) is 11.3 Å². The van der Waals surface area contributed by atoms with E-state index in [-0.39, 0.29) is 12.2 Å². The lowest BCUT2D eigenvalue weighted by Crippen LogP contribution is -1.98. The molecule has 1 heterocycles. The summed E-state index contributed by atoms with van der Waals surface area (Å²) in [6.07, 6.45) is 1.07. The Hall–Kier alpha value is -3.69. The number of nitriles is 1. The standard InChI is InChI=1S/C20H14N2O4/c21-9-15-7-14(18-8-17(20(25)26)19(24)10-22-18)4-5-16(15)13-3-1-2-12(6-13)11-23/h1-8,10,23-24H,11H2,(H,25,26). The fraction of sp³-hybridized carbons (Fsp3) is 0.0500. The number of aromatic hydroxyl groups is 1. The van der Waals surface area contributed by atoms with Crippen molar-refractivity contribution in [3.63, 3.8) is 0 Å². The van der Waals surface area contributed by atoms with E-state index < -0.39 is 11.7 Å². The molecule has 0 saturated carbocycles. The van der Waals surface area contributed by atoms with Crippen LogP contribution in [0.5, 0.6) is 5.75 Å². The molecule has 26 heavy (non-hydrogen) atoms. The van der Waals surface area contributed by atoms with Crippen LogP contribution in [0.25, 0.3) is 22.4 Å². The Balaban J connectivity index is 2.09. The minimum Gasteiger partial charge on any atom is -0.505 e. The third-order valence-corrected chi connectivity index (χ3v) is 3.97. The highest BCUT2D eigenvalue weighted by Gasteiger charge is 2.14. The van der Waals surface area contributed by atoms with Crippen LogP contribution >= 0.6 is 0 Å². The molecule has 0 aliphatic heterocycles.